The highest BCUT2D eigenvalue weighted by Crippen LogP contribution is 2.14. The average molecular weight is 329 g/mol. The van der Waals surface area contributed by atoms with E-state index in [0.29, 0.717) is 11.6 Å². The first-order valence-electron chi connectivity index (χ1n) is 7.96. The summed E-state index contributed by atoms with van der Waals surface area (Å²) < 4.78 is 13.2. The van der Waals surface area contributed by atoms with Gasteiger partial charge in [0.2, 0.25) is 11.9 Å². The van der Waals surface area contributed by atoms with Gasteiger partial charge in [-0.3, -0.25) is 9.69 Å². The van der Waals surface area contributed by atoms with Gasteiger partial charge in [-0.2, -0.15) is 0 Å². The number of nitrogens with zero attached hydrogens (tertiary/aromatic N) is 4. The van der Waals surface area contributed by atoms with Crippen molar-refractivity contribution in [3.05, 3.63) is 48.5 Å². The van der Waals surface area contributed by atoms with Gasteiger partial charge >= 0.3 is 0 Å². The number of carbonyl (C=O) groups excluding carboxylic acids is 1. The van der Waals surface area contributed by atoms with Crippen molar-refractivity contribution >= 4 is 17.5 Å². The number of nitrogens with one attached hydrogen (secondary N) is 1. The van der Waals surface area contributed by atoms with Gasteiger partial charge in [0.15, 0.2) is 0 Å². The molecule has 1 saturated heterocycles. The lowest BCUT2D eigenvalue weighted by molar-refractivity contribution is -0.120. The molecular formula is C17H20FN5O. The first kappa shape index (κ1) is 16.3. The van der Waals surface area contributed by atoms with E-state index in [9.17, 15) is 9.18 Å². The van der Waals surface area contributed by atoms with E-state index >= 15 is 0 Å². The Balaban J connectivity index is 1.55. The van der Waals surface area contributed by atoms with E-state index in [-0.39, 0.29) is 17.8 Å². The maximum Gasteiger partial charge on any atom is 0.241 e. The van der Waals surface area contributed by atoms with Crippen molar-refractivity contribution in [1.29, 1.82) is 0 Å². The Hall–Kier alpha value is -2.54. The fourth-order valence-electron chi connectivity index (χ4n) is 2.74. The van der Waals surface area contributed by atoms with Crippen LogP contribution < -0.4 is 10.2 Å². The molecule has 1 aliphatic rings. The molecular weight excluding hydrogens is 309 g/mol. The SMILES string of the molecule is CC(C(=O)Nc1cccc(F)c1)N1CCN(c2ncccn2)CC1. The summed E-state index contributed by atoms with van der Waals surface area (Å²) in [5.74, 6) is 0.218. The molecule has 1 atom stereocenters. The summed E-state index contributed by atoms with van der Waals surface area (Å²) in [5, 5.41) is 2.76. The summed E-state index contributed by atoms with van der Waals surface area (Å²) in [6, 6.07) is 7.43. The largest absolute Gasteiger partial charge is 0.338 e. The van der Waals surface area contributed by atoms with Gasteiger partial charge in [-0.15, -0.1) is 0 Å². The number of hydrogen-bond donors (Lipinski definition) is 1. The zero-order chi connectivity index (χ0) is 16.9. The molecule has 1 aromatic heterocycles. The van der Waals surface area contributed by atoms with Crippen molar-refractivity contribution in [1.82, 2.24) is 14.9 Å². The van der Waals surface area contributed by atoms with E-state index in [1.807, 2.05) is 6.92 Å². The molecule has 1 fully saturated rings. The smallest absolute Gasteiger partial charge is 0.241 e. The van der Waals surface area contributed by atoms with Crippen LogP contribution in [0.3, 0.4) is 0 Å². The maximum atomic E-state index is 13.2. The minimum atomic E-state index is -0.364. The molecule has 0 bridgehead atoms. The van der Waals surface area contributed by atoms with Crippen LogP contribution in [0.1, 0.15) is 6.92 Å². The van der Waals surface area contributed by atoms with Crippen LogP contribution >= 0.6 is 0 Å². The number of amides is 1. The molecule has 1 unspecified atom stereocenters. The third-order valence-corrected chi connectivity index (χ3v) is 4.17. The molecule has 1 aromatic carbocycles. The van der Waals surface area contributed by atoms with Crippen LogP contribution in [0.15, 0.2) is 42.7 Å². The number of anilines is 2. The average Bonchev–Trinajstić information content (AvgIpc) is 2.62. The van der Waals surface area contributed by atoms with Gasteiger partial charge in [0.05, 0.1) is 6.04 Å². The Morgan fingerprint density at radius 3 is 2.54 bits per heavy atom. The topological polar surface area (TPSA) is 61.4 Å². The molecule has 1 N–H and O–H groups in total. The zero-order valence-corrected chi connectivity index (χ0v) is 13.5. The second-order valence-electron chi connectivity index (χ2n) is 5.75. The van der Waals surface area contributed by atoms with Crippen molar-refractivity contribution in [2.45, 2.75) is 13.0 Å². The van der Waals surface area contributed by atoms with Crippen molar-refractivity contribution in [2.75, 3.05) is 36.4 Å². The Morgan fingerprint density at radius 1 is 1.17 bits per heavy atom. The van der Waals surface area contributed by atoms with Crippen LogP contribution in [0.25, 0.3) is 0 Å². The quantitative estimate of drug-likeness (QED) is 0.926. The Kier molecular flexibility index (Phi) is 5.00. The third-order valence-electron chi connectivity index (χ3n) is 4.17. The molecule has 7 heteroatoms. The Morgan fingerprint density at radius 2 is 1.88 bits per heavy atom. The van der Waals surface area contributed by atoms with Gasteiger partial charge in [0, 0.05) is 44.3 Å². The molecule has 24 heavy (non-hydrogen) atoms. The second kappa shape index (κ2) is 7.35. The molecule has 3 rings (SSSR count). The number of piperazine rings is 1. The van der Waals surface area contributed by atoms with Crippen LogP contribution in [0.5, 0.6) is 0 Å². The lowest BCUT2D eigenvalue weighted by Crippen LogP contribution is -2.53. The van der Waals surface area contributed by atoms with Gasteiger partial charge in [-0.1, -0.05) is 6.07 Å². The predicted molar refractivity (Wildman–Crippen MR) is 90.3 cm³/mol. The summed E-state index contributed by atoms with van der Waals surface area (Å²) in [7, 11) is 0. The first-order chi connectivity index (χ1) is 11.6. The third kappa shape index (κ3) is 3.86. The molecule has 0 spiro atoms. The summed E-state index contributed by atoms with van der Waals surface area (Å²) in [4.78, 5) is 25.1. The molecule has 0 radical (unpaired) electrons. The highest BCUT2D eigenvalue weighted by Gasteiger charge is 2.26. The van der Waals surface area contributed by atoms with E-state index in [1.54, 1.807) is 30.6 Å². The minimum absolute atomic E-state index is 0.134. The van der Waals surface area contributed by atoms with Crippen LogP contribution in [0.4, 0.5) is 16.0 Å². The fourth-order valence-corrected chi connectivity index (χ4v) is 2.74. The monoisotopic (exact) mass is 329 g/mol. The zero-order valence-electron chi connectivity index (χ0n) is 13.5. The molecule has 2 heterocycles. The van der Waals surface area contributed by atoms with E-state index in [4.69, 9.17) is 0 Å². The number of benzene rings is 1. The number of hydrogen-bond acceptors (Lipinski definition) is 5. The van der Waals surface area contributed by atoms with Gasteiger partial charge in [-0.25, -0.2) is 14.4 Å². The highest BCUT2D eigenvalue weighted by molar-refractivity contribution is 5.94. The summed E-state index contributed by atoms with van der Waals surface area (Å²) in [6.07, 6.45) is 3.45. The van der Waals surface area contributed by atoms with Gasteiger partial charge < -0.3 is 10.2 Å². The molecule has 6 nitrogen and oxygen atoms in total. The Labute approximate surface area is 140 Å². The number of halogens is 1. The minimum Gasteiger partial charge on any atom is -0.338 e. The molecule has 2 aromatic rings. The van der Waals surface area contributed by atoms with Crippen molar-refractivity contribution < 1.29 is 9.18 Å². The predicted octanol–water partition coefficient (Wildman–Crippen LogP) is 1.76. The normalized spacial score (nSPS) is 16.7. The van der Waals surface area contributed by atoms with Crippen molar-refractivity contribution in [3.63, 3.8) is 0 Å². The first-order valence-corrected chi connectivity index (χ1v) is 7.96. The number of rotatable bonds is 4. The van der Waals surface area contributed by atoms with Crippen molar-refractivity contribution in [3.8, 4) is 0 Å². The van der Waals surface area contributed by atoms with Gasteiger partial charge in [-0.05, 0) is 31.2 Å². The van der Waals surface area contributed by atoms with Crippen LogP contribution in [-0.4, -0.2) is 53.0 Å². The molecule has 1 aliphatic heterocycles. The molecule has 0 saturated carbocycles. The molecule has 126 valence electrons. The van der Waals surface area contributed by atoms with E-state index in [1.165, 1.54) is 12.1 Å². The van der Waals surface area contributed by atoms with E-state index in [2.05, 4.69) is 25.1 Å². The van der Waals surface area contributed by atoms with Crippen LogP contribution in [0, 0.1) is 5.82 Å². The molecule has 0 aliphatic carbocycles. The van der Waals surface area contributed by atoms with E-state index < -0.39 is 0 Å². The van der Waals surface area contributed by atoms with Crippen LogP contribution in [-0.2, 0) is 4.79 Å². The van der Waals surface area contributed by atoms with Crippen molar-refractivity contribution in [2.24, 2.45) is 0 Å². The highest BCUT2D eigenvalue weighted by atomic mass is 19.1. The standard InChI is InChI=1S/C17H20FN5O/c1-13(16(24)21-15-5-2-4-14(18)12-15)22-8-10-23(11-9-22)17-19-6-3-7-20-17/h2-7,12-13H,8-11H2,1H3,(H,21,24). The number of aromatic nitrogens is 2. The van der Waals surface area contributed by atoms with Crippen LogP contribution in [0.2, 0.25) is 0 Å². The second-order valence-corrected chi connectivity index (χ2v) is 5.75. The van der Waals surface area contributed by atoms with E-state index in [0.717, 1.165) is 26.2 Å². The lowest BCUT2D eigenvalue weighted by Gasteiger charge is -2.37. The van der Waals surface area contributed by atoms with Gasteiger partial charge in [0.1, 0.15) is 5.82 Å². The molecule has 1 amide bonds. The Bertz CT molecular complexity index is 688. The summed E-state index contributed by atoms with van der Waals surface area (Å²) in [5.41, 5.74) is 0.475. The lowest BCUT2D eigenvalue weighted by atomic mass is 10.2. The fraction of sp³-hybridized carbons (Fsp3) is 0.353. The summed E-state index contributed by atoms with van der Waals surface area (Å²) >= 11 is 0. The number of carbonyl (C=O) groups is 1. The maximum absolute atomic E-state index is 13.2. The van der Waals surface area contributed by atoms with Gasteiger partial charge in [0.25, 0.3) is 0 Å². The summed E-state index contributed by atoms with van der Waals surface area (Å²) in [6.45, 7) is 4.89.